The number of rotatable bonds is 7. The van der Waals surface area contributed by atoms with Crippen molar-refractivity contribution in [3.8, 4) is 0 Å². The summed E-state index contributed by atoms with van der Waals surface area (Å²) in [6.45, 7) is 4.73. The molecule has 1 aliphatic rings. The number of nitrogens with two attached hydrogens (primary N) is 1. The second-order valence-electron chi connectivity index (χ2n) is 5.71. The van der Waals surface area contributed by atoms with Crippen molar-refractivity contribution in [1.29, 1.82) is 0 Å². The number of halogens is 2. The Balaban J connectivity index is 2.84. The minimum atomic E-state index is -2.65. The molecule has 2 unspecified atom stereocenters. The third-order valence-corrected chi connectivity index (χ3v) is 4.23. The Morgan fingerprint density at radius 1 is 1.55 bits per heavy atom. The maximum absolute atomic E-state index is 12.5. The SMILES string of the molecule is CCOC1CC(N)(C(=O)N(CCO)CC(F)F)C1(C)C. The summed E-state index contributed by atoms with van der Waals surface area (Å²) in [5.41, 5.74) is 4.30. The molecule has 1 fully saturated rings. The van der Waals surface area contributed by atoms with E-state index in [0.29, 0.717) is 13.0 Å². The van der Waals surface area contributed by atoms with Gasteiger partial charge in [0.15, 0.2) is 0 Å². The summed E-state index contributed by atoms with van der Waals surface area (Å²) in [5.74, 6) is -0.548. The van der Waals surface area contributed by atoms with Crippen LogP contribution in [0.1, 0.15) is 27.2 Å². The van der Waals surface area contributed by atoms with Crippen LogP contribution in [0.5, 0.6) is 0 Å². The molecule has 0 aliphatic heterocycles. The fourth-order valence-electron chi connectivity index (χ4n) is 2.64. The summed E-state index contributed by atoms with van der Waals surface area (Å²) < 4.78 is 30.6. The molecule has 0 heterocycles. The van der Waals surface area contributed by atoms with Gasteiger partial charge in [-0.1, -0.05) is 13.8 Å². The summed E-state index contributed by atoms with van der Waals surface area (Å²) in [7, 11) is 0. The van der Waals surface area contributed by atoms with Crippen LogP contribution in [0.15, 0.2) is 0 Å². The lowest BCUT2D eigenvalue weighted by molar-refractivity contribution is -0.181. The molecular formula is C13H24F2N2O3. The molecule has 1 saturated carbocycles. The second-order valence-corrected chi connectivity index (χ2v) is 5.71. The number of nitrogens with zero attached hydrogens (tertiary/aromatic N) is 1. The fraction of sp³-hybridized carbons (Fsp3) is 0.923. The number of aliphatic hydroxyl groups excluding tert-OH is 1. The molecule has 20 heavy (non-hydrogen) atoms. The van der Waals surface area contributed by atoms with E-state index >= 15 is 0 Å². The molecule has 5 nitrogen and oxygen atoms in total. The molecule has 118 valence electrons. The van der Waals surface area contributed by atoms with Crippen molar-refractivity contribution in [2.24, 2.45) is 11.1 Å². The number of hydrogen-bond donors (Lipinski definition) is 2. The van der Waals surface area contributed by atoms with E-state index in [1.54, 1.807) is 13.8 Å². The van der Waals surface area contributed by atoms with Gasteiger partial charge in [-0.05, 0) is 6.92 Å². The maximum Gasteiger partial charge on any atom is 0.255 e. The highest BCUT2D eigenvalue weighted by molar-refractivity contribution is 5.89. The van der Waals surface area contributed by atoms with Gasteiger partial charge in [-0.15, -0.1) is 0 Å². The van der Waals surface area contributed by atoms with Gasteiger partial charge >= 0.3 is 0 Å². The zero-order valence-electron chi connectivity index (χ0n) is 12.2. The molecule has 0 spiro atoms. The molecule has 3 N–H and O–H groups in total. The number of ether oxygens (including phenoxy) is 1. The van der Waals surface area contributed by atoms with Crippen LogP contribution in [-0.4, -0.2) is 60.3 Å². The van der Waals surface area contributed by atoms with Gasteiger partial charge in [0.2, 0.25) is 5.91 Å². The Bertz CT molecular complexity index is 353. The van der Waals surface area contributed by atoms with Gasteiger partial charge in [0.1, 0.15) is 5.54 Å². The predicted octanol–water partition coefficient (Wildman–Crippen LogP) is 0.605. The van der Waals surface area contributed by atoms with E-state index in [2.05, 4.69) is 0 Å². The van der Waals surface area contributed by atoms with Crippen LogP contribution < -0.4 is 5.73 Å². The van der Waals surface area contributed by atoms with E-state index in [1.807, 2.05) is 6.92 Å². The maximum atomic E-state index is 12.5. The zero-order valence-corrected chi connectivity index (χ0v) is 12.2. The third-order valence-electron chi connectivity index (χ3n) is 4.23. The molecule has 2 atom stereocenters. The summed E-state index contributed by atoms with van der Waals surface area (Å²) in [5, 5.41) is 8.92. The molecule has 1 aliphatic carbocycles. The van der Waals surface area contributed by atoms with Gasteiger partial charge in [0, 0.05) is 25.0 Å². The van der Waals surface area contributed by atoms with E-state index in [4.69, 9.17) is 15.6 Å². The van der Waals surface area contributed by atoms with Crippen LogP contribution in [0.4, 0.5) is 8.78 Å². The van der Waals surface area contributed by atoms with E-state index in [0.717, 1.165) is 4.90 Å². The molecule has 0 radical (unpaired) electrons. The highest BCUT2D eigenvalue weighted by atomic mass is 19.3. The summed E-state index contributed by atoms with van der Waals surface area (Å²) in [4.78, 5) is 13.4. The van der Waals surface area contributed by atoms with Crippen molar-refractivity contribution in [1.82, 2.24) is 4.90 Å². The molecule has 0 aromatic carbocycles. The van der Waals surface area contributed by atoms with Crippen LogP contribution in [0, 0.1) is 5.41 Å². The van der Waals surface area contributed by atoms with Crippen molar-refractivity contribution < 1.29 is 23.4 Å². The molecule has 1 rings (SSSR count). The van der Waals surface area contributed by atoms with E-state index in [1.165, 1.54) is 0 Å². The summed E-state index contributed by atoms with van der Waals surface area (Å²) in [6.07, 6.45) is -2.51. The molecule has 0 bridgehead atoms. The van der Waals surface area contributed by atoms with Gasteiger partial charge in [-0.2, -0.15) is 0 Å². The average molecular weight is 294 g/mol. The van der Waals surface area contributed by atoms with Crippen LogP contribution in [0.25, 0.3) is 0 Å². The molecule has 0 saturated heterocycles. The minimum absolute atomic E-state index is 0.141. The standard InChI is InChI=1S/C13H24F2N2O3/c1-4-20-9-7-13(16,12(9,2)3)11(19)17(5-6-18)8-10(14)15/h9-10,18H,4-8,16H2,1-3H3. The Morgan fingerprint density at radius 3 is 2.55 bits per heavy atom. The first kappa shape index (κ1) is 17.3. The highest BCUT2D eigenvalue weighted by Gasteiger charge is 2.63. The van der Waals surface area contributed by atoms with Gasteiger partial charge in [-0.3, -0.25) is 4.79 Å². The Kier molecular flexibility index (Phi) is 5.46. The zero-order chi connectivity index (χ0) is 15.6. The lowest BCUT2D eigenvalue weighted by atomic mass is 9.54. The van der Waals surface area contributed by atoms with Crippen molar-refractivity contribution >= 4 is 5.91 Å². The van der Waals surface area contributed by atoms with Crippen molar-refractivity contribution in [2.45, 2.75) is 45.3 Å². The van der Waals surface area contributed by atoms with E-state index in [-0.39, 0.29) is 19.3 Å². The van der Waals surface area contributed by atoms with Gasteiger partial charge in [-0.25, -0.2) is 8.78 Å². The Hall–Kier alpha value is -0.790. The number of carbonyl (C=O) groups is 1. The van der Waals surface area contributed by atoms with Crippen LogP contribution in [0.3, 0.4) is 0 Å². The van der Waals surface area contributed by atoms with Crippen LogP contribution in [0.2, 0.25) is 0 Å². The monoisotopic (exact) mass is 294 g/mol. The largest absolute Gasteiger partial charge is 0.395 e. The third kappa shape index (κ3) is 2.94. The lowest BCUT2D eigenvalue weighted by Crippen LogP contribution is -2.76. The highest BCUT2D eigenvalue weighted by Crippen LogP contribution is 2.50. The molecule has 0 aromatic rings. The molecular weight excluding hydrogens is 270 g/mol. The van der Waals surface area contributed by atoms with Crippen molar-refractivity contribution in [3.05, 3.63) is 0 Å². The number of alkyl halides is 2. The average Bonchev–Trinajstić information content (AvgIpc) is 2.36. The number of aliphatic hydroxyl groups is 1. The van der Waals surface area contributed by atoms with Gasteiger partial charge < -0.3 is 20.5 Å². The Morgan fingerprint density at radius 2 is 2.15 bits per heavy atom. The molecule has 7 heteroatoms. The summed E-state index contributed by atoms with van der Waals surface area (Å²) >= 11 is 0. The number of hydrogen-bond acceptors (Lipinski definition) is 4. The van der Waals surface area contributed by atoms with E-state index in [9.17, 15) is 13.6 Å². The molecule has 1 amide bonds. The van der Waals surface area contributed by atoms with Gasteiger partial charge in [0.25, 0.3) is 6.43 Å². The molecule has 0 aromatic heterocycles. The first-order chi connectivity index (χ1) is 9.20. The number of carbonyl (C=O) groups excluding carboxylic acids is 1. The van der Waals surface area contributed by atoms with Crippen LogP contribution in [-0.2, 0) is 9.53 Å². The van der Waals surface area contributed by atoms with Gasteiger partial charge in [0.05, 0.1) is 19.3 Å². The van der Waals surface area contributed by atoms with Crippen molar-refractivity contribution in [2.75, 3.05) is 26.3 Å². The fourth-order valence-corrected chi connectivity index (χ4v) is 2.64. The van der Waals surface area contributed by atoms with Crippen LogP contribution >= 0.6 is 0 Å². The Labute approximate surface area is 118 Å². The van der Waals surface area contributed by atoms with Crippen molar-refractivity contribution in [3.63, 3.8) is 0 Å². The van der Waals surface area contributed by atoms with E-state index < -0.39 is 29.8 Å². The normalized spacial score (nSPS) is 28.3. The summed E-state index contributed by atoms with van der Waals surface area (Å²) in [6, 6.07) is 0. The first-order valence-electron chi connectivity index (χ1n) is 6.79. The quantitative estimate of drug-likeness (QED) is 0.721. The second kappa shape index (κ2) is 6.32. The number of amides is 1. The smallest absolute Gasteiger partial charge is 0.255 e. The predicted molar refractivity (Wildman–Crippen MR) is 70.4 cm³/mol. The first-order valence-corrected chi connectivity index (χ1v) is 6.79. The lowest BCUT2D eigenvalue weighted by Gasteiger charge is -2.58. The topological polar surface area (TPSA) is 75.8 Å². The minimum Gasteiger partial charge on any atom is -0.395 e.